The number of carboxylic acid groups (broad SMARTS) is 1. The Bertz CT molecular complexity index is 1180. The number of ketones is 1. The molecule has 0 saturated carbocycles. The van der Waals surface area contributed by atoms with E-state index >= 15 is 0 Å². The number of rotatable bonds is 9. The maximum Gasteiger partial charge on any atom is 0.372 e. The molecule has 0 aromatic heterocycles. The number of aromatic hydroxyl groups is 1. The van der Waals surface area contributed by atoms with Gasteiger partial charge in [0, 0.05) is 11.8 Å². The van der Waals surface area contributed by atoms with Crippen LogP contribution >= 0.6 is 0 Å². The van der Waals surface area contributed by atoms with E-state index < -0.39 is 23.6 Å². The molecule has 2 rings (SSSR count). The second kappa shape index (κ2) is 12.3. The van der Waals surface area contributed by atoms with Gasteiger partial charge in [0.05, 0.1) is 5.92 Å². The highest BCUT2D eigenvalue weighted by molar-refractivity contribution is 6.35. The fourth-order valence-corrected chi connectivity index (χ4v) is 4.40. The molecule has 1 aromatic rings. The molecule has 0 heterocycles. The molecular weight excluding hydrogens is 454 g/mol. The van der Waals surface area contributed by atoms with E-state index in [2.05, 4.69) is 38.2 Å². The Morgan fingerprint density at radius 2 is 1.81 bits per heavy atom. The summed E-state index contributed by atoms with van der Waals surface area (Å²) in [5, 5.41) is 21.5. The number of aliphatic carboxylic acids is 1. The van der Waals surface area contributed by atoms with Crippen molar-refractivity contribution in [1.29, 1.82) is 0 Å². The maximum absolute atomic E-state index is 12.5. The number of amides is 1. The van der Waals surface area contributed by atoms with Crippen LogP contribution in [0.5, 0.6) is 5.75 Å². The highest BCUT2D eigenvalue weighted by Gasteiger charge is 2.26. The van der Waals surface area contributed by atoms with Gasteiger partial charge in [-0.05, 0) is 80.4 Å². The number of Topliss-reactive ketones (excluding diaryl/α,β-unsaturated/α-hetero) is 1. The molecule has 1 aromatic carbocycles. The van der Waals surface area contributed by atoms with Gasteiger partial charge in [-0.25, -0.2) is 4.79 Å². The molecule has 1 aliphatic rings. The van der Waals surface area contributed by atoms with Crippen molar-refractivity contribution < 1.29 is 24.6 Å². The standard InChI is InChI=1S/C30H37NO5/c1-19(12-14-25-21(3)11-8-16-30(25,5)6)9-7-10-20(2)17-27(33)31-26-15-13-23(32)18-24(26)22(4)28(34)29(35)36/h7,9-10,12-15,17-18,22,32H,8,11,16H2,1-6H3,(H,31,33)(H,35,36). The summed E-state index contributed by atoms with van der Waals surface area (Å²) in [6, 6.07) is 4.09. The summed E-state index contributed by atoms with van der Waals surface area (Å²) < 4.78 is 0. The highest BCUT2D eigenvalue weighted by atomic mass is 16.4. The summed E-state index contributed by atoms with van der Waals surface area (Å²) in [7, 11) is 0. The molecule has 3 N–H and O–H groups in total. The summed E-state index contributed by atoms with van der Waals surface area (Å²) in [4.78, 5) is 35.5. The van der Waals surface area contributed by atoms with Gasteiger partial charge in [0.1, 0.15) is 5.75 Å². The summed E-state index contributed by atoms with van der Waals surface area (Å²) in [5.74, 6) is -4.19. The fourth-order valence-electron chi connectivity index (χ4n) is 4.40. The van der Waals surface area contributed by atoms with Gasteiger partial charge in [-0.15, -0.1) is 0 Å². The summed E-state index contributed by atoms with van der Waals surface area (Å²) in [5.41, 5.74) is 5.36. The Labute approximate surface area is 213 Å². The molecule has 1 aliphatic carbocycles. The van der Waals surface area contributed by atoms with Crippen molar-refractivity contribution >= 4 is 23.3 Å². The van der Waals surface area contributed by atoms with E-state index in [1.807, 2.05) is 25.2 Å². The number of benzene rings is 1. The van der Waals surface area contributed by atoms with Crippen molar-refractivity contribution in [1.82, 2.24) is 0 Å². The molecule has 0 aliphatic heterocycles. The number of hydrogen-bond donors (Lipinski definition) is 3. The first-order chi connectivity index (χ1) is 16.8. The van der Waals surface area contributed by atoms with Gasteiger partial charge in [-0.3, -0.25) is 9.59 Å². The van der Waals surface area contributed by atoms with Crippen LogP contribution in [0.2, 0.25) is 0 Å². The van der Waals surface area contributed by atoms with E-state index in [-0.39, 0.29) is 22.4 Å². The summed E-state index contributed by atoms with van der Waals surface area (Å²) in [6.07, 6.45) is 15.0. The lowest BCUT2D eigenvalue weighted by atomic mass is 9.72. The number of nitrogens with one attached hydrogen (secondary N) is 1. The number of hydrogen-bond acceptors (Lipinski definition) is 4. The molecule has 1 amide bonds. The molecular formula is C30H37NO5. The lowest BCUT2D eigenvalue weighted by molar-refractivity contribution is -0.149. The first kappa shape index (κ1) is 28.6. The third-order valence-electron chi connectivity index (χ3n) is 6.50. The third kappa shape index (κ3) is 7.94. The van der Waals surface area contributed by atoms with E-state index in [0.717, 1.165) is 12.0 Å². The number of allylic oxidation sites excluding steroid dienone is 9. The van der Waals surface area contributed by atoms with Crippen LogP contribution in [-0.4, -0.2) is 27.9 Å². The van der Waals surface area contributed by atoms with Gasteiger partial charge in [-0.2, -0.15) is 0 Å². The second-order valence-electron chi connectivity index (χ2n) is 10.1. The van der Waals surface area contributed by atoms with Crippen molar-refractivity contribution in [2.75, 3.05) is 5.32 Å². The minimum absolute atomic E-state index is 0.127. The van der Waals surface area contributed by atoms with Gasteiger partial charge in [0.2, 0.25) is 11.7 Å². The molecule has 36 heavy (non-hydrogen) atoms. The van der Waals surface area contributed by atoms with Gasteiger partial charge < -0.3 is 15.5 Å². The molecule has 1 unspecified atom stereocenters. The quantitative estimate of drug-likeness (QED) is 0.156. The van der Waals surface area contributed by atoms with E-state index in [9.17, 15) is 19.5 Å². The number of carbonyl (C=O) groups is 3. The van der Waals surface area contributed by atoms with Crippen molar-refractivity contribution in [3.8, 4) is 5.75 Å². The second-order valence-corrected chi connectivity index (χ2v) is 10.1. The first-order valence-electron chi connectivity index (χ1n) is 12.1. The van der Waals surface area contributed by atoms with E-state index in [1.54, 1.807) is 6.92 Å². The van der Waals surface area contributed by atoms with Crippen molar-refractivity contribution in [2.45, 2.75) is 66.7 Å². The van der Waals surface area contributed by atoms with Crippen molar-refractivity contribution in [2.24, 2.45) is 5.41 Å². The van der Waals surface area contributed by atoms with Gasteiger partial charge in [-0.1, -0.05) is 62.3 Å². The maximum atomic E-state index is 12.5. The van der Waals surface area contributed by atoms with Crippen LogP contribution in [0.3, 0.4) is 0 Å². The van der Waals surface area contributed by atoms with Gasteiger partial charge in [0.15, 0.2) is 0 Å². The lowest BCUT2D eigenvalue weighted by Gasteiger charge is -2.32. The Morgan fingerprint density at radius 1 is 1.11 bits per heavy atom. The molecule has 0 spiro atoms. The minimum atomic E-state index is -1.57. The smallest absolute Gasteiger partial charge is 0.372 e. The number of carbonyl (C=O) groups excluding carboxylic acids is 2. The van der Waals surface area contributed by atoms with E-state index in [4.69, 9.17) is 5.11 Å². The summed E-state index contributed by atoms with van der Waals surface area (Å²) in [6.45, 7) is 12.0. The Kier molecular flexibility index (Phi) is 9.79. The normalized spacial score (nSPS) is 17.5. The highest BCUT2D eigenvalue weighted by Crippen LogP contribution is 2.40. The van der Waals surface area contributed by atoms with Crippen LogP contribution < -0.4 is 5.32 Å². The number of phenolic OH excluding ortho intramolecular Hbond substituents is 1. The van der Waals surface area contributed by atoms with Crippen LogP contribution in [0.4, 0.5) is 5.69 Å². The number of carboxylic acids is 1. The molecule has 1 atom stereocenters. The van der Waals surface area contributed by atoms with E-state index in [0.29, 0.717) is 5.57 Å². The van der Waals surface area contributed by atoms with Crippen molar-refractivity contribution in [3.63, 3.8) is 0 Å². The molecule has 0 bridgehead atoms. The van der Waals surface area contributed by atoms with Crippen LogP contribution in [0, 0.1) is 5.41 Å². The predicted octanol–water partition coefficient (Wildman–Crippen LogP) is 6.62. The van der Waals surface area contributed by atoms with Crippen molar-refractivity contribution in [3.05, 3.63) is 82.5 Å². The molecule has 6 heteroatoms. The predicted molar refractivity (Wildman–Crippen MR) is 144 cm³/mol. The van der Waals surface area contributed by atoms with E-state index in [1.165, 1.54) is 55.2 Å². The fraction of sp³-hybridized carbons (Fsp3) is 0.367. The van der Waals surface area contributed by atoms with Crippen LogP contribution in [0.15, 0.2) is 76.9 Å². The Morgan fingerprint density at radius 3 is 2.44 bits per heavy atom. The average Bonchev–Trinajstić information content (AvgIpc) is 2.78. The Hall–Kier alpha value is -3.67. The molecule has 6 nitrogen and oxygen atoms in total. The van der Waals surface area contributed by atoms with Gasteiger partial charge >= 0.3 is 5.97 Å². The average molecular weight is 492 g/mol. The SMILES string of the molecule is CC(C=CC1=C(C)CCCC1(C)C)=CC=CC(C)=CC(=O)Nc1ccc(O)cc1C(C)C(=O)C(=O)O. The number of anilines is 1. The largest absolute Gasteiger partial charge is 0.508 e. The Balaban J connectivity index is 2.09. The topological polar surface area (TPSA) is 104 Å². The molecule has 192 valence electrons. The molecule has 0 radical (unpaired) electrons. The lowest BCUT2D eigenvalue weighted by Crippen LogP contribution is -2.21. The molecule has 0 fully saturated rings. The monoisotopic (exact) mass is 491 g/mol. The first-order valence-corrected chi connectivity index (χ1v) is 12.1. The third-order valence-corrected chi connectivity index (χ3v) is 6.50. The van der Waals surface area contributed by atoms with Gasteiger partial charge in [0.25, 0.3) is 0 Å². The summed E-state index contributed by atoms with van der Waals surface area (Å²) >= 11 is 0. The number of phenols is 1. The van der Waals surface area contributed by atoms with Crippen LogP contribution in [-0.2, 0) is 14.4 Å². The molecule has 0 saturated heterocycles. The zero-order valence-corrected chi connectivity index (χ0v) is 22.0. The van der Waals surface area contributed by atoms with Crippen LogP contribution in [0.25, 0.3) is 0 Å². The minimum Gasteiger partial charge on any atom is -0.508 e. The van der Waals surface area contributed by atoms with Crippen LogP contribution in [0.1, 0.15) is 72.3 Å². The zero-order valence-electron chi connectivity index (χ0n) is 22.0. The zero-order chi connectivity index (χ0) is 27.0.